The van der Waals surface area contributed by atoms with Crippen LogP contribution in [0.4, 0.5) is 0 Å². The van der Waals surface area contributed by atoms with Crippen molar-refractivity contribution in [3.05, 3.63) is 40.5 Å². The highest BCUT2D eigenvalue weighted by Crippen LogP contribution is 2.23. The van der Waals surface area contributed by atoms with E-state index in [-0.39, 0.29) is 0 Å². The summed E-state index contributed by atoms with van der Waals surface area (Å²) in [7, 11) is 1.89. The summed E-state index contributed by atoms with van der Waals surface area (Å²) in [5.41, 5.74) is 1.07. The molecule has 0 bridgehead atoms. The third-order valence-electron chi connectivity index (χ3n) is 2.15. The molecule has 0 fully saturated rings. The zero-order chi connectivity index (χ0) is 12.1. The number of halogens is 1. The van der Waals surface area contributed by atoms with Crippen molar-refractivity contribution in [2.75, 3.05) is 7.05 Å². The number of rotatable bonds is 5. The summed E-state index contributed by atoms with van der Waals surface area (Å²) in [4.78, 5) is 3.90. The molecule has 0 saturated heterocycles. The highest BCUT2D eigenvalue weighted by molar-refractivity contribution is 9.10. The van der Waals surface area contributed by atoms with Crippen LogP contribution in [0.1, 0.15) is 11.4 Å². The smallest absolute Gasteiger partial charge is 0.213 e. The van der Waals surface area contributed by atoms with Gasteiger partial charge in [0.25, 0.3) is 0 Å². The van der Waals surface area contributed by atoms with Crippen LogP contribution in [0.3, 0.4) is 0 Å². The first-order chi connectivity index (χ1) is 8.29. The maximum absolute atomic E-state index is 5.64. The third kappa shape index (κ3) is 3.28. The Kier molecular flexibility index (Phi) is 4.11. The molecule has 0 unspecified atom stereocenters. The van der Waals surface area contributed by atoms with Crippen LogP contribution >= 0.6 is 15.9 Å². The number of nitrogens with one attached hydrogen (secondary N) is 1. The molecule has 1 aromatic carbocycles. The molecule has 5 nitrogen and oxygen atoms in total. The maximum atomic E-state index is 5.64. The minimum absolute atomic E-state index is 0.300. The monoisotopic (exact) mass is 297 g/mol. The number of nitrogens with zero attached hydrogens (tertiary/aromatic N) is 2. The van der Waals surface area contributed by atoms with E-state index in [2.05, 4.69) is 35.9 Å². The van der Waals surface area contributed by atoms with Gasteiger partial charge in [0.2, 0.25) is 12.2 Å². The van der Waals surface area contributed by atoms with E-state index in [1.165, 1.54) is 6.39 Å². The molecule has 0 aliphatic carbocycles. The quantitative estimate of drug-likeness (QED) is 0.916. The van der Waals surface area contributed by atoms with Gasteiger partial charge in [-0.05, 0) is 25.2 Å². The van der Waals surface area contributed by atoms with Crippen molar-refractivity contribution in [1.29, 1.82) is 0 Å². The van der Waals surface area contributed by atoms with Crippen LogP contribution in [0.25, 0.3) is 0 Å². The van der Waals surface area contributed by atoms with Gasteiger partial charge in [-0.2, -0.15) is 4.98 Å². The summed E-state index contributed by atoms with van der Waals surface area (Å²) in [6.45, 7) is 1.04. The van der Waals surface area contributed by atoms with Crippen LogP contribution in [-0.2, 0) is 13.2 Å². The molecule has 90 valence electrons. The molecule has 17 heavy (non-hydrogen) atoms. The van der Waals surface area contributed by atoms with Crippen LogP contribution in [-0.4, -0.2) is 17.2 Å². The molecule has 1 heterocycles. The van der Waals surface area contributed by atoms with Gasteiger partial charge < -0.3 is 14.6 Å². The van der Waals surface area contributed by atoms with Gasteiger partial charge in [0.05, 0.1) is 0 Å². The van der Waals surface area contributed by atoms with Crippen molar-refractivity contribution in [3.8, 4) is 5.75 Å². The van der Waals surface area contributed by atoms with Crippen molar-refractivity contribution in [3.63, 3.8) is 0 Å². The number of aromatic nitrogens is 2. The van der Waals surface area contributed by atoms with Crippen molar-refractivity contribution in [1.82, 2.24) is 15.5 Å². The van der Waals surface area contributed by atoms with E-state index in [1.807, 2.05) is 25.2 Å². The molecule has 6 heteroatoms. The van der Waals surface area contributed by atoms with Crippen LogP contribution in [0.5, 0.6) is 5.75 Å². The molecule has 2 rings (SSSR count). The van der Waals surface area contributed by atoms with Crippen LogP contribution < -0.4 is 10.1 Å². The van der Waals surface area contributed by atoms with E-state index >= 15 is 0 Å². The molecular formula is C11H12BrN3O2. The molecule has 0 aliphatic rings. The largest absolute Gasteiger partial charge is 0.485 e. The molecule has 0 radical (unpaired) electrons. The third-order valence-corrected chi connectivity index (χ3v) is 2.65. The molecular weight excluding hydrogens is 286 g/mol. The minimum atomic E-state index is 0.300. The van der Waals surface area contributed by atoms with Crippen molar-refractivity contribution >= 4 is 15.9 Å². The SMILES string of the molecule is CNCc1cc(Br)ccc1OCc1ncon1. The lowest BCUT2D eigenvalue weighted by Crippen LogP contribution is -2.08. The second kappa shape index (κ2) is 5.79. The lowest BCUT2D eigenvalue weighted by Gasteiger charge is -2.10. The molecule has 0 saturated carbocycles. The Morgan fingerprint density at radius 2 is 2.35 bits per heavy atom. The van der Waals surface area contributed by atoms with Gasteiger partial charge in [-0.3, -0.25) is 0 Å². The van der Waals surface area contributed by atoms with Gasteiger partial charge in [-0.25, -0.2) is 0 Å². The van der Waals surface area contributed by atoms with Crippen LogP contribution in [0, 0.1) is 0 Å². The van der Waals surface area contributed by atoms with Crippen molar-refractivity contribution in [2.24, 2.45) is 0 Å². The summed E-state index contributed by atoms with van der Waals surface area (Å²) in [5.74, 6) is 1.34. The molecule has 2 aromatic rings. The zero-order valence-electron chi connectivity index (χ0n) is 9.31. The van der Waals surface area contributed by atoms with Gasteiger partial charge in [-0.15, -0.1) is 0 Å². The van der Waals surface area contributed by atoms with E-state index in [0.717, 1.165) is 22.3 Å². The van der Waals surface area contributed by atoms with E-state index in [4.69, 9.17) is 4.74 Å². The summed E-state index contributed by atoms with van der Waals surface area (Å²) in [6, 6.07) is 5.86. The Morgan fingerprint density at radius 3 is 3.06 bits per heavy atom. The fraction of sp³-hybridized carbons (Fsp3) is 0.273. The van der Waals surface area contributed by atoms with E-state index in [9.17, 15) is 0 Å². The summed E-state index contributed by atoms with van der Waals surface area (Å²) in [6.07, 6.45) is 1.29. The lowest BCUT2D eigenvalue weighted by molar-refractivity contribution is 0.283. The van der Waals surface area contributed by atoms with Crippen molar-refractivity contribution in [2.45, 2.75) is 13.2 Å². The number of hydrogen-bond acceptors (Lipinski definition) is 5. The van der Waals surface area contributed by atoms with Crippen LogP contribution in [0.2, 0.25) is 0 Å². The van der Waals surface area contributed by atoms with E-state index < -0.39 is 0 Å². The standard InChI is InChI=1S/C11H12BrN3O2/c1-13-5-8-4-9(12)2-3-10(8)16-6-11-14-7-17-15-11/h2-4,7,13H,5-6H2,1H3. The summed E-state index contributed by atoms with van der Waals surface area (Å²) >= 11 is 3.43. The first-order valence-electron chi connectivity index (χ1n) is 5.10. The fourth-order valence-electron chi connectivity index (χ4n) is 1.42. The first kappa shape index (κ1) is 12.1. The Morgan fingerprint density at radius 1 is 1.47 bits per heavy atom. The molecule has 0 spiro atoms. The highest BCUT2D eigenvalue weighted by atomic mass is 79.9. The predicted octanol–water partition coefficient (Wildman–Crippen LogP) is 2.13. The number of hydrogen-bond donors (Lipinski definition) is 1. The second-order valence-electron chi connectivity index (χ2n) is 3.42. The Bertz CT molecular complexity index is 474. The predicted molar refractivity (Wildman–Crippen MR) is 65.5 cm³/mol. The Balaban J connectivity index is 2.08. The van der Waals surface area contributed by atoms with Gasteiger partial charge in [-0.1, -0.05) is 21.1 Å². The molecule has 0 atom stereocenters. The molecule has 0 amide bonds. The van der Waals surface area contributed by atoms with Gasteiger partial charge in [0.1, 0.15) is 5.75 Å². The second-order valence-corrected chi connectivity index (χ2v) is 4.33. The van der Waals surface area contributed by atoms with E-state index in [0.29, 0.717) is 12.4 Å². The van der Waals surface area contributed by atoms with Gasteiger partial charge >= 0.3 is 0 Å². The molecule has 1 aromatic heterocycles. The highest BCUT2D eigenvalue weighted by Gasteiger charge is 2.06. The first-order valence-corrected chi connectivity index (χ1v) is 5.90. The van der Waals surface area contributed by atoms with Crippen molar-refractivity contribution < 1.29 is 9.26 Å². The maximum Gasteiger partial charge on any atom is 0.213 e. The average Bonchev–Trinajstić information content (AvgIpc) is 2.81. The number of benzene rings is 1. The topological polar surface area (TPSA) is 60.2 Å². The fourth-order valence-corrected chi connectivity index (χ4v) is 1.82. The Hall–Kier alpha value is -1.40. The average molecular weight is 298 g/mol. The lowest BCUT2D eigenvalue weighted by atomic mass is 10.2. The minimum Gasteiger partial charge on any atom is -0.485 e. The Labute approximate surface area is 107 Å². The number of ether oxygens (including phenoxy) is 1. The normalized spacial score (nSPS) is 10.5. The van der Waals surface area contributed by atoms with Gasteiger partial charge in [0.15, 0.2) is 6.61 Å². The summed E-state index contributed by atoms with van der Waals surface area (Å²) in [5, 5.41) is 6.78. The van der Waals surface area contributed by atoms with Crippen LogP contribution in [0.15, 0.2) is 33.6 Å². The van der Waals surface area contributed by atoms with E-state index in [1.54, 1.807) is 0 Å². The summed E-state index contributed by atoms with van der Waals surface area (Å²) < 4.78 is 11.3. The van der Waals surface area contributed by atoms with Gasteiger partial charge in [0, 0.05) is 16.6 Å². The molecule has 1 N–H and O–H groups in total. The zero-order valence-corrected chi connectivity index (χ0v) is 10.9. The molecule has 0 aliphatic heterocycles.